The molecule has 0 fully saturated rings. The van der Waals surface area contributed by atoms with Crippen molar-refractivity contribution in [1.82, 2.24) is 5.32 Å². The molecule has 1 aromatic carbocycles. The Bertz CT molecular complexity index is 382. The summed E-state index contributed by atoms with van der Waals surface area (Å²) in [5, 5.41) is 3.38. The summed E-state index contributed by atoms with van der Waals surface area (Å²) >= 11 is 0. The highest BCUT2D eigenvalue weighted by Gasteiger charge is 2.01. The molecule has 0 saturated heterocycles. The zero-order valence-electron chi connectivity index (χ0n) is 13.1. The lowest BCUT2D eigenvalue weighted by molar-refractivity contribution is 0.158. The molecule has 1 N–H and O–H groups in total. The standard InChI is InChI=1S/C17H28N2O/c1-5-19(6-2)17-9-7-16(8-10-17)13-18-11-12-20-14-15(3)4/h7-10,18H,3,5-6,11-14H2,1-2,4H3. The zero-order chi connectivity index (χ0) is 14.8. The third-order valence-corrected chi connectivity index (χ3v) is 3.17. The van der Waals surface area contributed by atoms with Crippen molar-refractivity contribution in [2.45, 2.75) is 27.3 Å². The van der Waals surface area contributed by atoms with Crippen LogP contribution in [0.4, 0.5) is 5.69 Å². The van der Waals surface area contributed by atoms with Crippen molar-refractivity contribution in [1.29, 1.82) is 0 Å². The molecule has 0 aliphatic rings. The van der Waals surface area contributed by atoms with Gasteiger partial charge in [-0.3, -0.25) is 0 Å². The van der Waals surface area contributed by atoms with E-state index in [2.05, 4.69) is 54.9 Å². The van der Waals surface area contributed by atoms with Crippen molar-refractivity contribution in [2.75, 3.05) is 37.7 Å². The number of rotatable bonds is 10. The first-order valence-corrected chi connectivity index (χ1v) is 7.44. The number of nitrogens with one attached hydrogen (secondary N) is 1. The highest BCUT2D eigenvalue weighted by atomic mass is 16.5. The normalized spacial score (nSPS) is 10.6. The SMILES string of the molecule is C=C(C)COCCNCc1ccc(N(CC)CC)cc1. The Morgan fingerprint density at radius 3 is 2.40 bits per heavy atom. The summed E-state index contributed by atoms with van der Waals surface area (Å²) < 4.78 is 5.44. The van der Waals surface area contributed by atoms with E-state index in [1.807, 2.05) is 6.92 Å². The van der Waals surface area contributed by atoms with Gasteiger partial charge in [-0.25, -0.2) is 0 Å². The van der Waals surface area contributed by atoms with E-state index in [4.69, 9.17) is 4.74 Å². The molecule has 20 heavy (non-hydrogen) atoms. The molecule has 0 aromatic heterocycles. The molecule has 0 aliphatic heterocycles. The molecule has 0 aliphatic carbocycles. The van der Waals surface area contributed by atoms with Crippen LogP contribution in [0, 0.1) is 0 Å². The molecule has 1 aromatic rings. The fourth-order valence-corrected chi connectivity index (χ4v) is 2.04. The van der Waals surface area contributed by atoms with Gasteiger partial charge in [0.05, 0.1) is 13.2 Å². The minimum atomic E-state index is 0.653. The van der Waals surface area contributed by atoms with Gasteiger partial charge in [0.2, 0.25) is 0 Å². The smallest absolute Gasteiger partial charge is 0.0672 e. The second kappa shape index (κ2) is 9.56. The van der Waals surface area contributed by atoms with E-state index >= 15 is 0 Å². The number of anilines is 1. The quantitative estimate of drug-likeness (QED) is 0.524. The first-order valence-electron chi connectivity index (χ1n) is 7.44. The van der Waals surface area contributed by atoms with Crippen LogP contribution in [0.5, 0.6) is 0 Å². The second-order valence-corrected chi connectivity index (χ2v) is 5.03. The predicted molar refractivity (Wildman–Crippen MR) is 87.3 cm³/mol. The highest BCUT2D eigenvalue weighted by Crippen LogP contribution is 2.14. The summed E-state index contributed by atoms with van der Waals surface area (Å²) in [4.78, 5) is 2.35. The largest absolute Gasteiger partial charge is 0.376 e. The van der Waals surface area contributed by atoms with Gasteiger partial charge in [-0.05, 0) is 38.5 Å². The van der Waals surface area contributed by atoms with E-state index in [0.717, 1.165) is 38.4 Å². The van der Waals surface area contributed by atoms with Gasteiger partial charge in [-0.2, -0.15) is 0 Å². The second-order valence-electron chi connectivity index (χ2n) is 5.03. The van der Waals surface area contributed by atoms with Crippen LogP contribution in [0.3, 0.4) is 0 Å². The van der Waals surface area contributed by atoms with Crippen molar-refractivity contribution in [2.24, 2.45) is 0 Å². The van der Waals surface area contributed by atoms with E-state index in [-0.39, 0.29) is 0 Å². The summed E-state index contributed by atoms with van der Waals surface area (Å²) in [6.45, 7) is 15.4. The van der Waals surface area contributed by atoms with E-state index in [1.165, 1.54) is 11.3 Å². The molecule has 0 atom stereocenters. The van der Waals surface area contributed by atoms with Crippen molar-refractivity contribution >= 4 is 5.69 Å². The Morgan fingerprint density at radius 2 is 1.85 bits per heavy atom. The summed E-state index contributed by atoms with van der Waals surface area (Å²) in [6, 6.07) is 8.77. The summed E-state index contributed by atoms with van der Waals surface area (Å²) in [5.41, 5.74) is 3.67. The minimum absolute atomic E-state index is 0.653. The molecule has 0 saturated carbocycles. The molecule has 0 radical (unpaired) electrons. The van der Waals surface area contributed by atoms with E-state index < -0.39 is 0 Å². The zero-order valence-corrected chi connectivity index (χ0v) is 13.1. The van der Waals surface area contributed by atoms with Gasteiger partial charge < -0.3 is 15.0 Å². The lowest BCUT2D eigenvalue weighted by atomic mass is 10.2. The summed E-state index contributed by atoms with van der Waals surface area (Å²) in [5.74, 6) is 0. The molecule has 0 spiro atoms. The van der Waals surface area contributed by atoms with E-state index in [1.54, 1.807) is 0 Å². The fourth-order valence-electron chi connectivity index (χ4n) is 2.04. The lowest BCUT2D eigenvalue weighted by Gasteiger charge is -2.21. The first-order chi connectivity index (χ1) is 9.67. The molecule has 3 nitrogen and oxygen atoms in total. The van der Waals surface area contributed by atoms with Crippen LogP contribution >= 0.6 is 0 Å². The Balaban J connectivity index is 2.26. The molecule has 0 bridgehead atoms. The first kappa shape index (κ1) is 16.7. The third-order valence-electron chi connectivity index (χ3n) is 3.17. The molecule has 112 valence electrons. The average Bonchev–Trinajstić information content (AvgIpc) is 2.45. The topological polar surface area (TPSA) is 24.5 Å². The van der Waals surface area contributed by atoms with Gasteiger partial charge in [-0.1, -0.05) is 24.3 Å². The van der Waals surface area contributed by atoms with Crippen LogP contribution in [0.2, 0.25) is 0 Å². The lowest BCUT2D eigenvalue weighted by Crippen LogP contribution is -2.22. The van der Waals surface area contributed by atoms with Crippen LogP contribution in [-0.2, 0) is 11.3 Å². The van der Waals surface area contributed by atoms with Crippen molar-refractivity contribution < 1.29 is 4.74 Å². The van der Waals surface area contributed by atoms with Crippen LogP contribution in [-0.4, -0.2) is 32.8 Å². The fraction of sp³-hybridized carbons (Fsp3) is 0.529. The van der Waals surface area contributed by atoms with Gasteiger partial charge >= 0.3 is 0 Å². The van der Waals surface area contributed by atoms with Gasteiger partial charge in [0.1, 0.15) is 0 Å². The number of hydrogen-bond acceptors (Lipinski definition) is 3. The van der Waals surface area contributed by atoms with Crippen LogP contribution < -0.4 is 10.2 Å². The molecule has 1 rings (SSSR count). The van der Waals surface area contributed by atoms with Crippen LogP contribution in [0.15, 0.2) is 36.4 Å². The van der Waals surface area contributed by atoms with Gasteiger partial charge in [0, 0.05) is 31.9 Å². The maximum Gasteiger partial charge on any atom is 0.0672 e. The van der Waals surface area contributed by atoms with Gasteiger partial charge in [-0.15, -0.1) is 0 Å². The molecular formula is C17H28N2O. The van der Waals surface area contributed by atoms with Gasteiger partial charge in [0.15, 0.2) is 0 Å². The molecule has 0 amide bonds. The van der Waals surface area contributed by atoms with Crippen molar-refractivity contribution in [3.63, 3.8) is 0 Å². The van der Waals surface area contributed by atoms with Crippen LogP contribution in [0.25, 0.3) is 0 Å². The average molecular weight is 276 g/mol. The number of hydrogen-bond donors (Lipinski definition) is 1. The summed E-state index contributed by atoms with van der Waals surface area (Å²) in [7, 11) is 0. The summed E-state index contributed by atoms with van der Waals surface area (Å²) in [6.07, 6.45) is 0. The Labute approximate surface area is 123 Å². The third kappa shape index (κ3) is 6.22. The Kier molecular flexibility index (Phi) is 8.00. The minimum Gasteiger partial charge on any atom is -0.376 e. The van der Waals surface area contributed by atoms with Gasteiger partial charge in [0.25, 0.3) is 0 Å². The molecule has 0 heterocycles. The number of benzene rings is 1. The Hall–Kier alpha value is -1.32. The predicted octanol–water partition coefficient (Wildman–Crippen LogP) is 3.22. The maximum atomic E-state index is 5.44. The Morgan fingerprint density at radius 1 is 1.20 bits per heavy atom. The van der Waals surface area contributed by atoms with E-state index in [9.17, 15) is 0 Å². The molecular weight excluding hydrogens is 248 g/mol. The van der Waals surface area contributed by atoms with Crippen molar-refractivity contribution in [3.05, 3.63) is 42.0 Å². The van der Waals surface area contributed by atoms with Crippen molar-refractivity contribution in [3.8, 4) is 0 Å². The highest BCUT2D eigenvalue weighted by molar-refractivity contribution is 5.47. The monoisotopic (exact) mass is 276 g/mol. The maximum absolute atomic E-state index is 5.44. The molecule has 3 heteroatoms. The number of nitrogens with zero attached hydrogens (tertiary/aromatic N) is 1. The van der Waals surface area contributed by atoms with E-state index in [0.29, 0.717) is 6.61 Å². The molecule has 0 unspecified atom stereocenters. The number of ether oxygens (including phenoxy) is 1. The van der Waals surface area contributed by atoms with Crippen LogP contribution in [0.1, 0.15) is 26.3 Å².